The second-order valence-corrected chi connectivity index (χ2v) is 7.04. The molecular formula is C18H38O. The van der Waals surface area contributed by atoms with Gasteiger partial charge in [0.1, 0.15) is 0 Å². The summed E-state index contributed by atoms with van der Waals surface area (Å²) in [6.45, 7) is 9.82. The highest BCUT2D eigenvalue weighted by molar-refractivity contribution is 4.59. The van der Waals surface area contributed by atoms with E-state index in [1.807, 2.05) is 0 Å². The van der Waals surface area contributed by atoms with E-state index in [0.717, 1.165) is 24.2 Å². The molecule has 0 aromatic carbocycles. The zero-order chi connectivity index (χ0) is 14.5. The Labute approximate surface area is 122 Å². The molecule has 0 rings (SSSR count). The number of unbranched alkanes of at least 4 members (excludes halogenated alkanes) is 2. The Morgan fingerprint density at radius 3 is 1.53 bits per heavy atom. The minimum Gasteiger partial charge on any atom is -0.396 e. The van der Waals surface area contributed by atoms with Crippen LogP contribution < -0.4 is 0 Å². The van der Waals surface area contributed by atoms with Crippen molar-refractivity contribution in [2.24, 2.45) is 17.8 Å². The quantitative estimate of drug-likeness (QED) is 0.419. The first kappa shape index (κ1) is 19.0. The normalized spacial score (nSPS) is 14.8. The molecule has 0 aromatic heterocycles. The molecule has 1 heteroatoms. The van der Waals surface area contributed by atoms with Gasteiger partial charge in [0.05, 0.1) is 0 Å². The van der Waals surface area contributed by atoms with Crippen LogP contribution in [0.4, 0.5) is 0 Å². The van der Waals surface area contributed by atoms with Crippen molar-refractivity contribution in [2.75, 3.05) is 6.61 Å². The zero-order valence-corrected chi connectivity index (χ0v) is 14.0. The molecule has 0 aromatic rings. The molecule has 0 saturated carbocycles. The topological polar surface area (TPSA) is 20.2 Å². The lowest BCUT2D eigenvalue weighted by Gasteiger charge is -2.15. The van der Waals surface area contributed by atoms with E-state index in [4.69, 9.17) is 5.11 Å². The van der Waals surface area contributed by atoms with Crippen LogP contribution in [0, 0.1) is 17.8 Å². The lowest BCUT2D eigenvalue weighted by Crippen LogP contribution is -2.00. The lowest BCUT2D eigenvalue weighted by molar-refractivity contribution is 0.280. The Bertz CT molecular complexity index is 177. The fourth-order valence-corrected chi connectivity index (χ4v) is 2.76. The Hall–Kier alpha value is -0.0400. The van der Waals surface area contributed by atoms with E-state index >= 15 is 0 Å². The van der Waals surface area contributed by atoms with Gasteiger partial charge in [-0.2, -0.15) is 0 Å². The molecule has 0 aliphatic rings. The van der Waals surface area contributed by atoms with Gasteiger partial charge in [0.15, 0.2) is 0 Å². The van der Waals surface area contributed by atoms with Crippen LogP contribution >= 0.6 is 0 Å². The van der Waals surface area contributed by atoms with Gasteiger partial charge in [-0.1, -0.05) is 85.5 Å². The van der Waals surface area contributed by atoms with Gasteiger partial charge in [-0.25, -0.2) is 0 Å². The van der Waals surface area contributed by atoms with Crippen molar-refractivity contribution < 1.29 is 5.11 Å². The smallest absolute Gasteiger partial charge is 0.0431 e. The van der Waals surface area contributed by atoms with Crippen molar-refractivity contribution in [2.45, 2.75) is 91.9 Å². The first-order valence-corrected chi connectivity index (χ1v) is 8.67. The highest BCUT2D eigenvalue weighted by Crippen LogP contribution is 2.21. The van der Waals surface area contributed by atoms with Gasteiger partial charge in [0, 0.05) is 6.61 Å². The van der Waals surface area contributed by atoms with Crippen molar-refractivity contribution >= 4 is 0 Å². The molecule has 1 nitrogen and oxygen atoms in total. The molecule has 0 radical (unpaired) electrons. The largest absolute Gasteiger partial charge is 0.396 e. The van der Waals surface area contributed by atoms with Gasteiger partial charge < -0.3 is 5.11 Å². The molecule has 0 bridgehead atoms. The van der Waals surface area contributed by atoms with Crippen LogP contribution in [0.3, 0.4) is 0 Å². The van der Waals surface area contributed by atoms with E-state index in [9.17, 15) is 0 Å². The molecule has 19 heavy (non-hydrogen) atoms. The third-order valence-electron chi connectivity index (χ3n) is 4.23. The van der Waals surface area contributed by atoms with Crippen LogP contribution in [0.5, 0.6) is 0 Å². The summed E-state index contributed by atoms with van der Waals surface area (Å²) in [5.41, 5.74) is 0. The number of aliphatic hydroxyl groups is 1. The average molecular weight is 271 g/mol. The van der Waals surface area contributed by atoms with Crippen molar-refractivity contribution in [1.29, 1.82) is 0 Å². The van der Waals surface area contributed by atoms with Gasteiger partial charge in [-0.3, -0.25) is 0 Å². The molecule has 0 fully saturated rings. The maximum atomic E-state index is 8.74. The van der Waals surface area contributed by atoms with Crippen molar-refractivity contribution in [3.8, 4) is 0 Å². The maximum Gasteiger partial charge on any atom is 0.0431 e. The number of hydrogen-bond acceptors (Lipinski definition) is 1. The van der Waals surface area contributed by atoms with Gasteiger partial charge in [0.2, 0.25) is 0 Å². The number of rotatable bonds is 13. The first-order valence-electron chi connectivity index (χ1n) is 8.67. The summed E-state index contributed by atoms with van der Waals surface area (Å²) in [4.78, 5) is 0. The van der Waals surface area contributed by atoms with E-state index in [-0.39, 0.29) is 0 Å². The van der Waals surface area contributed by atoms with Crippen LogP contribution in [0.25, 0.3) is 0 Å². The molecule has 1 N–H and O–H groups in total. The minimum atomic E-state index is 0.363. The summed E-state index contributed by atoms with van der Waals surface area (Å²) >= 11 is 0. The highest BCUT2D eigenvalue weighted by atomic mass is 16.2. The minimum absolute atomic E-state index is 0.363. The molecule has 0 aliphatic heterocycles. The molecule has 2 atom stereocenters. The predicted octanol–water partition coefficient (Wildman–Crippen LogP) is 5.81. The van der Waals surface area contributed by atoms with Crippen LogP contribution in [-0.2, 0) is 0 Å². The van der Waals surface area contributed by atoms with Crippen LogP contribution in [0.1, 0.15) is 91.9 Å². The molecule has 0 aliphatic carbocycles. The summed E-state index contributed by atoms with van der Waals surface area (Å²) in [7, 11) is 0. The Morgan fingerprint density at radius 2 is 1.05 bits per heavy atom. The highest BCUT2D eigenvalue weighted by Gasteiger charge is 2.06. The molecule has 2 unspecified atom stereocenters. The summed E-state index contributed by atoms with van der Waals surface area (Å²) in [6.07, 6.45) is 13.3. The fraction of sp³-hybridized carbons (Fsp3) is 1.00. The van der Waals surface area contributed by atoms with E-state index in [2.05, 4.69) is 27.7 Å². The summed E-state index contributed by atoms with van der Waals surface area (Å²) in [5.74, 6) is 2.66. The molecule has 0 heterocycles. The molecule has 0 amide bonds. The van der Waals surface area contributed by atoms with Crippen LogP contribution in [-0.4, -0.2) is 11.7 Å². The average Bonchev–Trinajstić information content (AvgIpc) is 2.34. The van der Waals surface area contributed by atoms with E-state index in [1.165, 1.54) is 57.8 Å². The third kappa shape index (κ3) is 14.2. The molecular weight excluding hydrogens is 232 g/mol. The molecule has 0 saturated heterocycles. The van der Waals surface area contributed by atoms with Crippen LogP contribution in [0.2, 0.25) is 0 Å². The maximum absolute atomic E-state index is 8.74. The second-order valence-electron chi connectivity index (χ2n) is 7.04. The lowest BCUT2D eigenvalue weighted by atomic mass is 9.92. The summed E-state index contributed by atoms with van der Waals surface area (Å²) < 4.78 is 0. The fourth-order valence-electron chi connectivity index (χ4n) is 2.76. The third-order valence-corrected chi connectivity index (χ3v) is 4.23. The Morgan fingerprint density at radius 1 is 0.579 bits per heavy atom. The van der Waals surface area contributed by atoms with Crippen LogP contribution in [0.15, 0.2) is 0 Å². The summed E-state index contributed by atoms with van der Waals surface area (Å²) in [5, 5.41) is 8.74. The van der Waals surface area contributed by atoms with Gasteiger partial charge in [0.25, 0.3) is 0 Å². The SMILES string of the molecule is CC(C)CCCC(C)CCCC(C)CCCCCO. The Balaban J connectivity index is 3.35. The molecule has 0 spiro atoms. The number of hydrogen-bond donors (Lipinski definition) is 1. The van der Waals surface area contributed by atoms with Gasteiger partial charge >= 0.3 is 0 Å². The standard InChI is InChI=1S/C18H38O/c1-16(2)10-8-12-18(4)14-9-13-17(3)11-6-5-7-15-19/h16-19H,5-15H2,1-4H3. The van der Waals surface area contributed by atoms with E-state index < -0.39 is 0 Å². The van der Waals surface area contributed by atoms with Gasteiger partial charge in [-0.05, 0) is 24.2 Å². The second kappa shape index (κ2) is 13.0. The number of aliphatic hydroxyl groups excluding tert-OH is 1. The Kier molecular flexibility index (Phi) is 12.9. The monoisotopic (exact) mass is 270 g/mol. The first-order chi connectivity index (χ1) is 9.06. The molecule has 116 valence electrons. The van der Waals surface area contributed by atoms with E-state index in [1.54, 1.807) is 0 Å². The predicted molar refractivity (Wildman–Crippen MR) is 86.4 cm³/mol. The zero-order valence-electron chi connectivity index (χ0n) is 14.0. The van der Waals surface area contributed by atoms with E-state index in [0.29, 0.717) is 6.61 Å². The summed E-state index contributed by atoms with van der Waals surface area (Å²) in [6, 6.07) is 0. The van der Waals surface area contributed by atoms with Crippen molar-refractivity contribution in [1.82, 2.24) is 0 Å². The van der Waals surface area contributed by atoms with Gasteiger partial charge in [-0.15, -0.1) is 0 Å². The van der Waals surface area contributed by atoms with Crippen molar-refractivity contribution in [3.63, 3.8) is 0 Å². The van der Waals surface area contributed by atoms with Crippen molar-refractivity contribution in [3.05, 3.63) is 0 Å².